The minimum atomic E-state index is 0.143. The third-order valence-electron chi connectivity index (χ3n) is 4.39. The Morgan fingerprint density at radius 1 is 0.955 bits per heavy atom. The summed E-state index contributed by atoms with van der Waals surface area (Å²) in [6, 6.07) is 12.8. The van der Waals surface area contributed by atoms with Gasteiger partial charge in [-0.2, -0.15) is 0 Å². The molecule has 0 aromatic heterocycles. The highest BCUT2D eigenvalue weighted by Crippen LogP contribution is 2.32. The molecule has 1 N–H and O–H groups in total. The van der Waals surface area contributed by atoms with E-state index in [4.69, 9.17) is 9.47 Å². The molecule has 1 unspecified atom stereocenters. The van der Waals surface area contributed by atoms with E-state index in [1.54, 1.807) is 14.2 Å². The molecule has 0 aliphatic heterocycles. The highest BCUT2D eigenvalue weighted by Gasteiger charge is 2.15. The van der Waals surface area contributed by atoms with Crippen LogP contribution in [-0.4, -0.2) is 14.2 Å². The minimum absolute atomic E-state index is 0.143. The first-order chi connectivity index (χ1) is 10.7. The Bertz CT molecular complexity index is 666. The van der Waals surface area contributed by atoms with E-state index < -0.39 is 0 Å². The molecule has 2 aromatic rings. The molecule has 0 fully saturated rings. The smallest absolute Gasteiger partial charge is 0.124 e. The Morgan fingerprint density at radius 2 is 1.77 bits per heavy atom. The molecule has 0 saturated carbocycles. The summed E-state index contributed by atoms with van der Waals surface area (Å²) in [5, 5.41) is 3.58. The first-order valence-corrected chi connectivity index (χ1v) is 7.81. The SMILES string of the molecule is COc1ccc(OC)c(C(C)Nc2ccc3c(c2)CCC3)c1. The largest absolute Gasteiger partial charge is 0.497 e. The van der Waals surface area contributed by atoms with E-state index in [9.17, 15) is 0 Å². The Hall–Kier alpha value is -2.16. The first-order valence-electron chi connectivity index (χ1n) is 7.81. The van der Waals surface area contributed by atoms with Gasteiger partial charge in [0.15, 0.2) is 0 Å². The Balaban J connectivity index is 1.83. The van der Waals surface area contributed by atoms with Gasteiger partial charge in [0.05, 0.1) is 20.3 Å². The maximum Gasteiger partial charge on any atom is 0.124 e. The highest BCUT2D eigenvalue weighted by atomic mass is 16.5. The number of nitrogens with one attached hydrogen (secondary N) is 1. The topological polar surface area (TPSA) is 30.5 Å². The summed E-state index contributed by atoms with van der Waals surface area (Å²) in [5.74, 6) is 1.72. The predicted octanol–water partition coefficient (Wildman–Crippen LogP) is 4.37. The molecule has 3 nitrogen and oxygen atoms in total. The standard InChI is InChI=1S/C19H23NO2/c1-13(18-12-17(21-2)9-10-19(18)22-3)20-16-8-7-14-5-4-6-15(14)11-16/h7-13,20H,4-6H2,1-3H3. The van der Waals surface area contributed by atoms with Crippen molar-refractivity contribution in [3.05, 3.63) is 53.1 Å². The van der Waals surface area contributed by atoms with E-state index >= 15 is 0 Å². The number of anilines is 1. The molecule has 3 rings (SSSR count). The van der Waals surface area contributed by atoms with Crippen molar-refractivity contribution in [1.29, 1.82) is 0 Å². The van der Waals surface area contributed by atoms with Crippen LogP contribution in [0.4, 0.5) is 5.69 Å². The lowest BCUT2D eigenvalue weighted by molar-refractivity contribution is 0.397. The molecule has 0 bridgehead atoms. The number of methoxy groups -OCH3 is 2. The number of hydrogen-bond donors (Lipinski definition) is 1. The molecule has 0 saturated heterocycles. The van der Waals surface area contributed by atoms with Crippen molar-refractivity contribution < 1.29 is 9.47 Å². The predicted molar refractivity (Wildman–Crippen MR) is 90.1 cm³/mol. The first kappa shape index (κ1) is 14.8. The lowest BCUT2D eigenvalue weighted by Gasteiger charge is -2.20. The number of aryl methyl sites for hydroxylation is 2. The van der Waals surface area contributed by atoms with E-state index in [1.807, 2.05) is 18.2 Å². The maximum atomic E-state index is 5.48. The van der Waals surface area contributed by atoms with Gasteiger partial charge in [-0.15, -0.1) is 0 Å². The van der Waals surface area contributed by atoms with Crippen molar-refractivity contribution in [2.24, 2.45) is 0 Å². The summed E-state index contributed by atoms with van der Waals surface area (Å²) in [7, 11) is 3.39. The van der Waals surface area contributed by atoms with Crippen molar-refractivity contribution in [1.82, 2.24) is 0 Å². The van der Waals surface area contributed by atoms with E-state index in [0.29, 0.717) is 0 Å². The van der Waals surface area contributed by atoms with E-state index in [1.165, 1.54) is 30.4 Å². The molecule has 1 atom stereocenters. The van der Waals surface area contributed by atoms with Crippen molar-refractivity contribution in [3.8, 4) is 11.5 Å². The van der Waals surface area contributed by atoms with E-state index in [-0.39, 0.29) is 6.04 Å². The van der Waals surface area contributed by atoms with Gasteiger partial charge in [0.1, 0.15) is 11.5 Å². The Labute approximate surface area is 132 Å². The van der Waals surface area contributed by atoms with Gasteiger partial charge < -0.3 is 14.8 Å². The highest BCUT2D eigenvalue weighted by molar-refractivity contribution is 5.53. The molecular formula is C19H23NO2. The molecule has 0 amide bonds. The van der Waals surface area contributed by atoms with Gasteiger partial charge in [-0.05, 0) is 67.6 Å². The number of rotatable bonds is 5. The summed E-state index contributed by atoms with van der Waals surface area (Å²) in [4.78, 5) is 0. The molecule has 0 heterocycles. The molecule has 1 aliphatic rings. The summed E-state index contributed by atoms with van der Waals surface area (Å²) >= 11 is 0. The summed E-state index contributed by atoms with van der Waals surface area (Å²) < 4.78 is 10.8. The lowest BCUT2D eigenvalue weighted by Crippen LogP contribution is -2.08. The van der Waals surface area contributed by atoms with Crippen molar-refractivity contribution in [2.75, 3.05) is 19.5 Å². The maximum absolute atomic E-state index is 5.48. The van der Waals surface area contributed by atoms with Gasteiger partial charge in [0.2, 0.25) is 0 Å². The zero-order chi connectivity index (χ0) is 15.5. The van der Waals surface area contributed by atoms with Crippen LogP contribution in [0.15, 0.2) is 36.4 Å². The molecule has 1 aliphatic carbocycles. The molecule has 3 heteroatoms. The second-order valence-corrected chi connectivity index (χ2v) is 5.81. The van der Waals surface area contributed by atoms with Gasteiger partial charge in [-0.3, -0.25) is 0 Å². The van der Waals surface area contributed by atoms with Crippen LogP contribution < -0.4 is 14.8 Å². The van der Waals surface area contributed by atoms with Gasteiger partial charge in [-0.1, -0.05) is 6.07 Å². The van der Waals surface area contributed by atoms with E-state index in [0.717, 1.165) is 22.7 Å². The number of benzene rings is 2. The van der Waals surface area contributed by atoms with Crippen LogP contribution in [0.25, 0.3) is 0 Å². The Morgan fingerprint density at radius 3 is 2.55 bits per heavy atom. The minimum Gasteiger partial charge on any atom is -0.497 e. The Kier molecular flexibility index (Phi) is 4.23. The van der Waals surface area contributed by atoms with Crippen LogP contribution in [0.5, 0.6) is 11.5 Å². The van der Waals surface area contributed by atoms with Crippen LogP contribution in [-0.2, 0) is 12.8 Å². The van der Waals surface area contributed by atoms with Gasteiger partial charge in [0, 0.05) is 11.3 Å². The number of hydrogen-bond acceptors (Lipinski definition) is 3. The molecule has 0 radical (unpaired) electrons. The van der Waals surface area contributed by atoms with Crippen LogP contribution >= 0.6 is 0 Å². The van der Waals surface area contributed by atoms with Crippen molar-refractivity contribution in [2.45, 2.75) is 32.2 Å². The monoisotopic (exact) mass is 297 g/mol. The summed E-state index contributed by atoms with van der Waals surface area (Å²) in [5.41, 5.74) is 5.24. The zero-order valence-electron chi connectivity index (χ0n) is 13.5. The lowest BCUT2D eigenvalue weighted by atomic mass is 10.0. The van der Waals surface area contributed by atoms with Gasteiger partial charge in [-0.25, -0.2) is 0 Å². The average Bonchev–Trinajstić information content (AvgIpc) is 3.01. The third kappa shape index (κ3) is 2.89. The van der Waals surface area contributed by atoms with Crippen LogP contribution in [0.3, 0.4) is 0 Å². The molecular weight excluding hydrogens is 274 g/mol. The molecule has 22 heavy (non-hydrogen) atoms. The fourth-order valence-electron chi connectivity index (χ4n) is 3.17. The second kappa shape index (κ2) is 6.30. The van der Waals surface area contributed by atoms with Crippen LogP contribution in [0.2, 0.25) is 0 Å². The molecule has 2 aromatic carbocycles. The van der Waals surface area contributed by atoms with Gasteiger partial charge in [0.25, 0.3) is 0 Å². The third-order valence-corrected chi connectivity index (χ3v) is 4.39. The van der Waals surface area contributed by atoms with E-state index in [2.05, 4.69) is 30.4 Å². The number of fused-ring (bicyclic) bond motifs is 1. The summed E-state index contributed by atoms with van der Waals surface area (Å²) in [6.45, 7) is 2.14. The fraction of sp³-hybridized carbons (Fsp3) is 0.368. The quantitative estimate of drug-likeness (QED) is 0.889. The van der Waals surface area contributed by atoms with Crippen LogP contribution in [0.1, 0.15) is 36.1 Å². The van der Waals surface area contributed by atoms with Crippen molar-refractivity contribution >= 4 is 5.69 Å². The second-order valence-electron chi connectivity index (χ2n) is 5.81. The van der Waals surface area contributed by atoms with Crippen LogP contribution in [0, 0.1) is 0 Å². The normalized spacial score (nSPS) is 14.3. The molecule has 116 valence electrons. The fourth-order valence-corrected chi connectivity index (χ4v) is 3.17. The average molecular weight is 297 g/mol. The molecule has 0 spiro atoms. The summed E-state index contributed by atoms with van der Waals surface area (Å²) in [6.07, 6.45) is 3.69. The van der Waals surface area contributed by atoms with Crippen molar-refractivity contribution in [3.63, 3.8) is 0 Å². The number of ether oxygens (including phenoxy) is 2. The van der Waals surface area contributed by atoms with Gasteiger partial charge >= 0.3 is 0 Å². The zero-order valence-corrected chi connectivity index (χ0v) is 13.5.